The molecule has 1 aliphatic rings. The van der Waals surface area contributed by atoms with E-state index < -0.39 is 5.97 Å². The van der Waals surface area contributed by atoms with Crippen molar-refractivity contribution in [3.63, 3.8) is 0 Å². The van der Waals surface area contributed by atoms with E-state index in [1.54, 1.807) is 25.1 Å². The standard InChI is InChI=1S/C18H20N2O5/c1-12-14(5-8-25-12)17(21)19-16-4-3-13(11-15(16)18(22)23-2)20-6-9-24-10-7-20/h3-5,8,11H,6-7,9-10H2,1-2H3,(H,19,21). The van der Waals surface area contributed by atoms with Crippen molar-refractivity contribution < 1.29 is 23.5 Å². The molecule has 0 atom stereocenters. The minimum atomic E-state index is -0.505. The van der Waals surface area contributed by atoms with E-state index in [4.69, 9.17) is 13.9 Å². The van der Waals surface area contributed by atoms with Gasteiger partial charge in [-0.25, -0.2) is 4.79 Å². The van der Waals surface area contributed by atoms with Crippen LogP contribution in [0.5, 0.6) is 0 Å². The highest BCUT2D eigenvalue weighted by Gasteiger charge is 2.20. The second-order valence-corrected chi connectivity index (χ2v) is 5.67. The van der Waals surface area contributed by atoms with E-state index >= 15 is 0 Å². The molecular weight excluding hydrogens is 324 g/mol. The molecule has 0 unspecified atom stereocenters. The fourth-order valence-corrected chi connectivity index (χ4v) is 2.75. The number of carbonyl (C=O) groups excluding carboxylic acids is 2. The van der Waals surface area contributed by atoms with E-state index in [-0.39, 0.29) is 5.91 Å². The number of methoxy groups -OCH3 is 1. The number of hydrogen-bond acceptors (Lipinski definition) is 6. The van der Waals surface area contributed by atoms with Gasteiger partial charge in [-0.2, -0.15) is 0 Å². The number of ether oxygens (including phenoxy) is 2. The molecule has 7 heteroatoms. The van der Waals surface area contributed by atoms with E-state index in [1.807, 2.05) is 6.07 Å². The van der Waals surface area contributed by atoms with Crippen LogP contribution in [0.2, 0.25) is 0 Å². The number of nitrogens with one attached hydrogen (secondary N) is 1. The number of anilines is 2. The van der Waals surface area contributed by atoms with Gasteiger partial charge in [-0.1, -0.05) is 0 Å². The lowest BCUT2D eigenvalue weighted by Gasteiger charge is -2.29. The Balaban J connectivity index is 1.88. The number of amides is 1. The smallest absolute Gasteiger partial charge is 0.340 e. The number of carbonyl (C=O) groups is 2. The number of esters is 1. The molecule has 0 bridgehead atoms. The third-order valence-electron chi connectivity index (χ3n) is 4.14. The molecule has 2 heterocycles. The molecule has 0 spiro atoms. The number of benzene rings is 1. The van der Waals surface area contributed by atoms with Gasteiger partial charge in [0, 0.05) is 18.8 Å². The maximum absolute atomic E-state index is 12.4. The van der Waals surface area contributed by atoms with Crippen LogP contribution in [-0.2, 0) is 9.47 Å². The van der Waals surface area contributed by atoms with E-state index in [0.29, 0.717) is 35.8 Å². The summed E-state index contributed by atoms with van der Waals surface area (Å²) >= 11 is 0. The normalized spacial score (nSPS) is 14.2. The second-order valence-electron chi connectivity index (χ2n) is 5.67. The topological polar surface area (TPSA) is 81.0 Å². The molecule has 1 saturated heterocycles. The number of rotatable bonds is 4. The average molecular weight is 344 g/mol. The number of furan rings is 1. The summed E-state index contributed by atoms with van der Waals surface area (Å²) in [5.74, 6) is -0.327. The number of aryl methyl sites for hydroxylation is 1. The lowest BCUT2D eigenvalue weighted by molar-refractivity contribution is 0.0602. The highest BCUT2D eigenvalue weighted by atomic mass is 16.5. The van der Waals surface area contributed by atoms with E-state index in [0.717, 1.165) is 18.8 Å². The first-order valence-corrected chi connectivity index (χ1v) is 8.00. The molecule has 1 aliphatic heterocycles. The van der Waals surface area contributed by atoms with Crippen LogP contribution in [0.1, 0.15) is 26.5 Å². The number of morpholine rings is 1. The molecule has 1 amide bonds. The van der Waals surface area contributed by atoms with Gasteiger partial charge < -0.3 is 24.1 Å². The zero-order valence-electron chi connectivity index (χ0n) is 14.2. The largest absolute Gasteiger partial charge is 0.469 e. The van der Waals surface area contributed by atoms with Gasteiger partial charge >= 0.3 is 5.97 Å². The van der Waals surface area contributed by atoms with Crippen molar-refractivity contribution in [1.29, 1.82) is 0 Å². The van der Waals surface area contributed by atoms with Crippen LogP contribution in [-0.4, -0.2) is 45.3 Å². The molecule has 132 valence electrons. The van der Waals surface area contributed by atoms with Gasteiger partial charge in [0.2, 0.25) is 0 Å². The molecular formula is C18H20N2O5. The van der Waals surface area contributed by atoms with Crippen LogP contribution in [0.3, 0.4) is 0 Å². The van der Waals surface area contributed by atoms with E-state index in [1.165, 1.54) is 13.4 Å². The van der Waals surface area contributed by atoms with E-state index in [9.17, 15) is 9.59 Å². The zero-order valence-corrected chi connectivity index (χ0v) is 14.2. The van der Waals surface area contributed by atoms with Gasteiger partial charge in [-0.3, -0.25) is 4.79 Å². The summed E-state index contributed by atoms with van der Waals surface area (Å²) in [6.45, 7) is 4.50. The number of nitrogens with zero attached hydrogens (tertiary/aromatic N) is 1. The van der Waals surface area contributed by atoms with Crippen LogP contribution in [0.25, 0.3) is 0 Å². The van der Waals surface area contributed by atoms with Gasteiger partial charge in [0.15, 0.2) is 0 Å². The molecule has 0 saturated carbocycles. The first-order valence-electron chi connectivity index (χ1n) is 8.00. The van der Waals surface area contributed by atoms with Crippen molar-refractivity contribution in [2.24, 2.45) is 0 Å². The van der Waals surface area contributed by atoms with Crippen LogP contribution < -0.4 is 10.2 Å². The van der Waals surface area contributed by atoms with Crippen molar-refractivity contribution in [2.45, 2.75) is 6.92 Å². The van der Waals surface area contributed by atoms with Crippen LogP contribution in [0.4, 0.5) is 11.4 Å². The predicted molar refractivity (Wildman–Crippen MR) is 92.2 cm³/mol. The minimum absolute atomic E-state index is 0.306. The Morgan fingerprint density at radius 3 is 2.56 bits per heavy atom. The van der Waals surface area contributed by atoms with E-state index in [2.05, 4.69) is 10.2 Å². The first kappa shape index (κ1) is 17.0. The zero-order chi connectivity index (χ0) is 17.8. The Kier molecular flexibility index (Phi) is 5.04. The minimum Gasteiger partial charge on any atom is -0.469 e. The quantitative estimate of drug-likeness (QED) is 0.858. The fraction of sp³-hybridized carbons (Fsp3) is 0.333. The summed E-state index contributed by atoms with van der Waals surface area (Å²) in [4.78, 5) is 26.7. The summed E-state index contributed by atoms with van der Waals surface area (Å²) in [7, 11) is 1.32. The average Bonchev–Trinajstić information content (AvgIpc) is 3.08. The lowest BCUT2D eigenvalue weighted by Crippen LogP contribution is -2.36. The molecule has 1 fully saturated rings. The van der Waals surface area contributed by atoms with Crippen LogP contribution in [0, 0.1) is 6.92 Å². The summed E-state index contributed by atoms with van der Waals surface area (Å²) in [5.41, 5.74) is 2.02. The molecule has 0 aliphatic carbocycles. The summed E-state index contributed by atoms with van der Waals surface area (Å²) < 4.78 is 15.4. The highest BCUT2D eigenvalue weighted by molar-refractivity contribution is 6.08. The van der Waals surface area contributed by atoms with Gasteiger partial charge in [-0.05, 0) is 31.2 Å². The summed E-state index contributed by atoms with van der Waals surface area (Å²) in [5, 5.41) is 2.76. The van der Waals surface area contributed by atoms with Gasteiger partial charge in [0.1, 0.15) is 5.76 Å². The molecule has 25 heavy (non-hydrogen) atoms. The van der Waals surface area contributed by atoms with Gasteiger partial charge in [0.05, 0.1) is 43.4 Å². The molecule has 1 aromatic carbocycles. The van der Waals surface area contributed by atoms with Crippen molar-refractivity contribution in [3.8, 4) is 0 Å². The lowest BCUT2D eigenvalue weighted by atomic mass is 10.1. The molecule has 3 rings (SSSR count). The van der Waals surface area contributed by atoms with Crippen LogP contribution in [0.15, 0.2) is 34.9 Å². The second kappa shape index (κ2) is 7.40. The Morgan fingerprint density at radius 2 is 1.92 bits per heavy atom. The Hall–Kier alpha value is -2.80. The Morgan fingerprint density at radius 1 is 1.16 bits per heavy atom. The Bertz CT molecular complexity index is 778. The SMILES string of the molecule is COC(=O)c1cc(N2CCOCC2)ccc1NC(=O)c1ccoc1C. The maximum atomic E-state index is 12.4. The van der Waals surface area contributed by atoms with Crippen molar-refractivity contribution in [3.05, 3.63) is 47.4 Å². The summed E-state index contributed by atoms with van der Waals surface area (Å²) in [6, 6.07) is 6.90. The molecule has 7 nitrogen and oxygen atoms in total. The van der Waals surface area contributed by atoms with Crippen LogP contribution >= 0.6 is 0 Å². The van der Waals surface area contributed by atoms with Crippen molar-refractivity contribution >= 4 is 23.3 Å². The molecule has 0 radical (unpaired) electrons. The van der Waals surface area contributed by atoms with Gasteiger partial charge in [-0.15, -0.1) is 0 Å². The van der Waals surface area contributed by atoms with Crippen molar-refractivity contribution in [2.75, 3.05) is 43.6 Å². The fourth-order valence-electron chi connectivity index (χ4n) is 2.75. The third-order valence-corrected chi connectivity index (χ3v) is 4.14. The maximum Gasteiger partial charge on any atom is 0.340 e. The van der Waals surface area contributed by atoms with Crippen molar-refractivity contribution in [1.82, 2.24) is 0 Å². The Labute approximate surface area is 145 Å². The molecule has 2 aromatic rings. The number of hydrogen-bond donors (Lipinski definition) is 1. The molecule has 1 N–H and O–H groups in total. The third kappa shape index (κ3) is 3.66. The predicted octanol–water partition coefficient (Wildman–Crippen LogP) is 2.46. The monoisotopic (exact) mass is 344 g/mol. The first-order chi connectivity index (χ1) is 12.1. The van der Waals surface area contributed by atoms with Gasteiger partial charge in [0.25, 0.3) is 5.91 Å². The molecule has 1 aromatic heterocycles. The highest BCUT2D eigenvalue weighted by Crippen LogP contribution is 2.26. The summed E-state index contributed by atoms with van der Waals surface area (Å²) in [6.07, 6.45) is 1.45.